The minimum absolute atomic E-state index is 0.457. The van der Waals surface area contributed by atoms with Crippen molar-refractivity contribution in [2.45, 2.75) is 12.3 Å². The fourth-order valence-corrected chi connectivity index (χ4v) is 3.84. The van der Waals surface area contributed by atoms with Gasteiger partial charge in [0, 0.05) is 28.9 Å². The maximum Gasteiger partial charge on any atom is 0.139 e. The number of rotatable bonds is 3. The summed E-state index contributed by atoms with van der Waals surface area (Å²) in [4.78, 5) is 11.3. The molecule has 0 aliphatic carbocycles. The summed E-state index contributed by atoms with van der Waals surface area (Å²) in [6.07, 6.45) is 2.75. The molecule has 1 aliphatic heterocycles. The molecular weight excluding hydrogens is 366 g/mol. The highest BCUT2D eigenvalue weighted by atomic mass is 79.9. The van der Waals surface area contributed by atoms with Gasteiger partial charge >= 0.3 is 0 Å². The number of para-hydroxylation sites is 1. The van der Waals surface area contributed by atoms with Crippen LogP contribution >= 0.6 is 15.9 Å². The van der Waals surface area contributed by atoms with E-state index < -0.39 is 0 Å². The third kappa shape index (κ3) is 2.73. The van der Waals surface area contributed by atoms with Gasteiger partial charge in [-0.1, -0.05) is 34.1 Å². The summed E-state index contributed by atoms with van der Waals surface area (Å²) in [5.74, 6) is 2.44. The van der Waals surface area contributed by atoms with Crippen LogP contribution in [0.5, 0.6) is 5.75 Å². The largest absolute Gasteiger partial charge is 0.496 e. The predicted molar refractivity (Wildman–Crippen MR) is 99.8 cm³/mol. The van der Waals surface area contributed by atoms with E-state index in [1.54, 1.807) is 13.4 Å². The molecule has 1 aliphatic rings. The van der Waals surface area contributed by atoms with E-state index in [4.69, 9.17) is 4.74 Å². The van der Waals surface area contributed by atoms with Crippen molar-refractivity contribution in [3.05, 3.63) is 58.8 Å². The molecule has 2 heterocycles. The second-order valence-electron chi connectivity index (χ2n) is 6.03. The average molecular weight is 384 g/mol. The third-order valence-corrected chi connectivity index (χ3v) is 5.14. The molecule has 2 aromatic carbocycles. The first-order chi connectivity index (χ1) is 11.8. The van der Waals surface area contributed by atoms with Crippen molar-refractivity contribution in [1.29, 1.82) is 0 Å². The number of hydrogen-bond donors (Lipinski definition) is 0. The molecule has 1 fully saturated rings. The predicted octanol–water partition coefficient (Wildman–Crippen LogP) is 4.39. The minimum atomic E-state index is 0.457. The molecule has 0 bridgehead atoms. The number of anilines is 1. The van der Waals surface area contributed by atoms with E-state index in [-0.39, 0.29) is 0 Å². The van der Waals surface area contributed by atoms with Crippen molar-refractivity contribution in [1.82, 2.24) is 9.97 Å². The summed E-state index contributed by atoms with van der Waals surface area (Å²) >= 11 is 3.55. The summed E-state index contributed by atoms with van der Waals surface area (Å²) in [7, 11) is 1.74. The molecule has 24 heavy (non-hydrogen) atoms. The monoisotopic (exact) mass is 383 g/mol. The maximum atomic E-state index is 5.53. The lowest BCUT2D eigenvalue weighted by Gasteiger charge is -2.20. The van der Waals surface area contributed by atoms with Crippen molar-refractivity contribution >= 4 is 32.7 Å². The molecule has 0 amide bonds. The van der Waals surface area contributed by atoms with Gasteiger partial charge in [0.25, 0.3) is 0 Å². The number of methoxy groups -OCH3 is 1. The van der Waals surface area contributed by atoms with Crippen LogP contribution in [0.2, 0.25) is 0 Å². The van der Waals surface area contributed by atoms with Gasteiger partial charge in [0.05, 0.1) is 12.6 Å². The van der Waals surface area contributed by atoms with Gasteiger partial charge in [0.15, 0.2) is 0 Å². The fourth-order valence-electron chi connectivity index (χ4n) is 3.48. The third-order valence-electron chi connectivity index (χ3n) is 4.64. The molecule has 5 heteroatoms. The van der Waals surface area contributed by atoms with E-state index in [1.165, 1.54) is 5.56 Å². The van der Waals surface area contributed by atoms with Crippen LogP contribution in [0, 0.1) is 0 Å². The summed E-state index contributed by atoms with van der Waals surface area (Å²) in [6, 6.07) is 14.4. The van der Waals surface area contributed by atoms with Gasteiger partial charge in [-0.15, -0.1) is 0 Å². The maximum absolute atomic E-state index is 5.53. The van der Waals surface area contributed by atoms with E-state index in [2.05, 4.69) is 49.0 Å². The lowest BCUT2D eigenvalue weighted by atomic mass is 9.97. The zero-order valence-corrected chi connectivity index (χ0v) is 15.0. The van der Waals surface area contributed by atoms with Gasteiger partial charge in [-0.05, 0) is 36.2 Å². The molecule has 1 aromatic heterocycles. The van der Waals surface area contributed by atoms with Gasteiger partial charge < -0.3 is 9.64 Å². The van der Waals surface area contributed by atoms with Crippen LogP contribution in [0.3, 0.4) is 0 Å². The van der Waals surface area contributed by atoms with Crippen LogP contribution in [0.15, 0.2) is 53.3 Å². The Morgan fingerprint density at radius 1 is 1.17 bits per heavy atom. The molecule has 1 saturated heterocycles. The van der Waals surface area contributed by atoms with Gasteiger partial charge in [-0.25, -0.2) is 9.97 Å². The molecule has 4 nitrogen and oxygen atoms in total. The topological polar surface area (TPSA) is 38.2 Å². The molecule has 4 rings (SSSR count). The standard InChI is InChI=1S/C19H18BrN3O/c1-24-18-5-3-2-4-15(18)13-8-9-23(11-13)19-16-10-14(20)6-7-17(16)21-12-22-19/h2-7,10,12-13H,8-9,11H2,1H3. The number of benzene rings is 2. The highest BCUT2D eigenvalue weighted by molar-refractivity contribution is 9.10. The SMILES string of the molecule is COc1ccccc1C1CCN(c2ncnc3ccc(Br)cc23)C1. The Hall–Kier alpha value is -2.14. The Morgan fingerprint density at radius 3 is 2.92 bits per heavy atom. The van der Waals surface area contributed by atoms with Crippen molar-refractivity contribution in [2.24, 2.45) is 0 Å². The molecule has 0 spiro atoms. The van der Waals surface area contributed by atoms with Crippen LogP contribution in [0.25, 0.3) is 10.9 Å². The molecule has 0 radical (unpaired) electrons. The first-order valence-corrected chi connectivity index (χ1v) is 8.83. The van der Waals surface area contributed by atoms with E-state index in [9.17, 15) is 0 Å². The molecular formula is C19H18BrN3O. The highest BCUT2D eigenvalue weighted by Crippen LogP contribution is 2.36. The normalized spacial score (nSPS) is 17.4. The number of halogens is 1. The Bertz CT molecular complexity index is 883. The van der Waals surface area contributed by atoms with Crippen molar-refractivity contribution < 1.29 is 4.74 Å². The lowest BCUT2D eigenvalue weighted by Crippen LogP contribution is -2.21. The van der Waals surface area contributed by atoms with Crippen LogP contribution < -0.4 is 9.64 Å². The zero-order valence-electron chi connectivity index (χ0n) is 13.4. The molecule has 1 unspecified atom stereocenters. The van der Waals surface area contributed by atoms with Gasteiger partial charge in [0.1, 0.15) is 17.9 Å². The van der Waals surface area contributed by atoms with Crippen molar-refractivity contribution in [3.63, 3.8) is 0 Å². The van der Waals surface area contributed by atoms with E-state index in [1.807, 2.05) is 24.3 Å². The van der Waals surface area contributed by atoms with Gasteiger partial charge in [0.2, 0.25) is 0 Å². The van der Waals surface area contributed by atoms with Gasteiger partial charge in [-0.3, -0.25) is 0 Å². The fraction of sp³-hybridized carbons (Fsp3) is 0.263. The van der Waals surface area contributed by atoms with E-state index in [0.717, 1.165) is 46.5 Å². The summed E-state index contributed by atoms with van der Waals surface area (Å²) in [5, 5.41) is 1.09. The van der Waals surface area contributed by atoms with Crippen LogP contribution in [0.1, 0.15) is 17.9 Å². The number of aromatic nitrogens is 2. The summed E-state index contributed by atoms with van der Waals surface area (Å²) in [6.45, 7) is 1.93. The van der Waals surface area contributed by atoms with Crippen molar-refractivity contribution in [3.8, 4) is 5.75 Å². The first kappa shape index (κ1) is 15.4. The second-order valence-corrected chi connectivity index (χ2v) is 6.95. The quantitative estimate of drug-likeness (QED) is 0.671. The zero-order chi connectivity index (χ0) is 16.5. The first-order valence-electron chi connectivity index (χ1n) is 8.04. The van der Waals surface area contributed by atoms with E-state index in [0.29, 0.717) is 5.92 Å². The Morgan fingerprint density at radius 2 is 2.04 bits per heavy atom. The molecule has 3 aromatic rings. The average Bonchev–Trinajstić information content (AvgIpc) is 3.10. The minimum Gasteiger partial charge on any atom is -0.496 e. The molecule has 1 atom stereocenters. The molecule has 0 saturated carbocycles. The number of ether oxygens (including phenoxy) is 1. The van der Waals surface area contributed by atoms with Crippen LogP contribution in [0.4, 0.5) is 5.82 Å². The van der Waals surface area contributed by atoms with Crippen molar-refractivity contribution in [2.75, 3.05) is 25.1 Å². The number of nitrogens with zero attached hydrogens (tertiary/aromatic N) is 3. The second kappa shape index (κ2) is 6.40. The summed E-state index contributed by atoms with van der Waals surface area (Å²) < 4.78 is 6.58. The van der Waals surface area contributed by atoms with Crippen LogP contribution in [-0.2, 0) is 0 Å². The number of hydrogen-bond acceptors (Lipinski definition) is 4. The Labute approximate surface area is 149 Å². The van der Waals surface area contributed by atoms with E-state index >= 15 is 0 Å². The smallest absolute Gasteiger partial charge is 0.139 e. The Kier molecular flexibility index (Phi) is 4.10. The van der Waals surface area contributed by atoms with Crippen LogP contribution in [-0.4, -0.2) is 30.2 Å². The summed E-state index contributed by atoms with van der Waals surface area (Å²) in [5.41, 5.74) is 2.26. The molecule has 0 N–H and O–H groups in total. The molecule has 122 valence electrons. The van der Waals surface area contributed by atoms with Gasteiger partial charge in [-0.2, -0.15) is 0 Å². The highest BCUT2D eigenvalue weighted by Gasteiger charge is 2.27. The number of fused-ring (bicyclic) bond motifs is 1. The Balaban J connectivity index is 1.67. The lowest BCUT2D eigenvalue weighted by molar-refractivity contribution is 0.406.